The Morgan fingerprint density at radius 2 is 1.24 bits per heavy atom. The van der Waals surface area contributed by atoms with Crippen LogP contribution in [-0.2, 0) is 10.5 Å². The molecule has 1 aromatic rings. The van der Waals surface area contributed by atoms with Gasteiger partial charge in [0.2, 0.25) is 0 Å². The minimum atomic E-state index is -1.87. The summed E-state index contributed by atoms with van der Waals surface area (Å²) in [7, 11) is 0. The van der Waals surface area contributed by atoms with Crippen LogP contribution in [0.25, 0.3) is 0 Å². The van der Waals surface area contributed by atoms with E-state index < -0.39 is 62.0 Å². The molecule has 0 fully saturated rings. The van der Waals surface area contributed by atoms with Gasteiger partial charge in [-0.3, -0.25) is 9.69 Å². The van der Waals surface area contributed by atoms with Crippen LogP contribution in [-0.4, -0.2) is 149 Å². The second-order valence-corrected chi connectivity index (χ2v) is 9.90. The lowest BCUT2D eigenvalue weighted by Gasteiger charge is -2.33. The van der Waals surface area contributed by atoms with E-state index >= 15 is 0 Å². The van der Waals surface area contributed by atoms with Gasteiger partial charge >= 0.3 is 0 Å². The summed E-state index contributed by atoms with van der Waals surface area (Å²) in [5.74, 6) is 1.01. The van der Waals surface area contributed by atoms with E-state index in [1.807, 2.05) is 0 Å². The highest BCUT2D eigenvalue weighted by molar-refractivity contribution is 8.12. The molecule has 0 aromatic heterocycles. The molecule has 220 valence electrons. The highest BCUT2D eigenvalue weighted by Crippen LogP contribution is 2.18. The van der Waals surface area contributed by atoms with Crippen molar-refractivity contribution >= 4 is 16.9 Å². The molecule has 0 heterocycles. The Morgan fingerprint density at radius 3 is 1.66 bits per heavy atom. The van der Waals surface area contributed by atoms with Gasteiger partial charge in [-0.05, 0) is 17.7 Å². The van der Waals surface area contributed by atoms with Crippen LogP contribution in [0.5, 0.6) is 5.75 Å². The third-order valence-corrected chi connectivity index (χ3v) is 6.92. The zero-order valence-corrected chi connectivity index (χ0v) is 22.0. The highest BCUT2D eigenvalue weighted by Gasteiger charge is 2.34. The van der Waals surface area contributed by atoms with E-state index in [0.29, 0.717) is 17.9 Å². The fourth-order valence-electron chi connectivity index (χ4n) is 3.37. The Hall–Kier alpha value is -1.40. The van der Waals surface area contributed by atoms with Gasteiger partial charge in [-0.1, -0.05) is 30.8 Å². The van der Waals surface area contributed by atoms with Gasteiger partial charge in [-0.15, -0.1) is 0 Å². The summed E-state index contributed by atoms with van der Waals surface area (Å²) in [6, 6.07) is 7.00. The molecular weight excluding hydrogens is 526 g/mol. The molecule has 0 bridgehead atoms. The van der Waals surface area contributed by atoms with Crippen molar-refractivity contribution < 1.29 is 60.6 Å². The van der Waals surface area contributed by atoms with Gasteiger partial charge in [0.05, 0.1) is 25.4 Å². The molecule has 0 aliphatic carbocycles. The first-order valence-corrected chi connectivity index (χ1v) is 13.2. The number of benzene rings is 1. The minimum absolute atomic E-state index is 0.0116. The van der Waals surface area contributed by atoms with Gasteiger partial charge in [0.1, 0.15) is 49.0 Å². The lowest BCUT2D eigenvalue weighted by molar-refractivity contribution is -0.130. The molecule has 0 saturated carbocycles. The van der Waals surface area contributed by atoms with E-state index in [1.54, 1.807) is 31.2 Å². The van der Waals surface area contributed by atoms with E-state index in [0.717, 1.165) is 5.56 Å². The summed E-state index contributed by atoms with van der Waals surface area (Å²) in [6.07, 6.45) is -13.8. The summed E-state index contributed by atoms with van der Waals surface area (Å²) in [5, 5.41) is 97.8. The molecule has 0 unspecified atom stereocenters. The quantitative estimate of drug-likeness (QED) is 0.0779. The van der Waals surface area contributed by atoms with Crippen molar-refractivity contribution in [2.75, 3.05) is 39.5 Å². The van der Waals surface area contributed by atoms with Crippen LogP contribution in [0.3, 0.4) is 0 Å². The predicted molar refractivity (Wildman–Crippen MR) is 137 cm³/mol. The van der Waals surface area contributed by atoms with E-state index in [4.69, 9.17) is 14.9 Å². The zero-order chi connectivity index (χ0) is 28.8. The fourth-order valence-corrected chi connectivity index (χ4v) is 4.09. The molecule has 0 amide bonds. The molecule has 0 saturated heterocycles. The van der Waals surface area contributed by atoms with E-state index in [1.165, 1.54) is 16.7 Å². The molecule has 0 aliphatic heterocycles. The summed E-state index contributed by atoms with van der Waals surface area (Å²) in [6.45, 7) is -0.662. The number of thioether (sulfide) groups is 1. The molecule has 10 N–H and O–H groups in total. The molecule has 13 nitrogen and oxygen atoms in total. The maximum absolute atomic E-state index is 11.5. The SMILES string of the molecule is CCC(=O)SCc1ccc(OCCN(C[C@H](O)[C@@H](O)[C@H](O)[C@H](O)CO)C[C@H](O)[C@@H](O)[C@H](O)[C@H](O)CO)cc1. The molecule has 0 spiro atoms. The molecular formula is C24H41NO12S. The second-order valence-electron chi connectivity index (χ2n) is 8.86. The second kappa shape index (κ2) is 18.0. The third kappa shape index (κ3) is 11.8. The first kappa shape index (κ1) is 34.6. The normalized spacial score (nSPS) is 18.3. The summed E-state index contributed by atoms with van der Waals surface area (Å²) >= 11 is 1.21. The topological polar surface area (TPSA) is 232 Å². The number of carbonyl (C=O) groups is 1. The van der Waals surface area contributed by atoms with Gasteiger partial charge in [-0.2, -0.15) is 0 Å². The van der Waals surface area contributed by atoms with Crippen molar-refractivity contribution in [1.29, 1.82) is 0 Å². The number of hydrogen-bond acceptors (Lipinski definition) is 14. The van der Waals surface area contributed by atoms with E-state index in [2.05, 4.69) is 0 Å². The maximum atomic E-state index is 11.5. The highest BCUT2D eigenvalue weighted by atomic mass is 32.2. The van der Waals surface area contributed by atoms with Crippen LogP contribution in [0.15, 0.2) is 24.3 Å². The molecule has 1 aromatic carbocycles. The number of carbonyl (C=O) groups excluding carboxylic acids is 1. The number of aliphatic hydroxyl groups is 10. The molecule has 1 rings (SSSR count). The van der Waals surface area contributed by atoms with Gasteiger partial charge in [0, 0.05) is 31.8 Å². The first-order chi connectivity index (χ1) is 17.9. The summed E-state index contributed by atoms with van der Waals surface area (Å²) in [4.78, 5) is 12.8. The van der Waals surface area contributed by atoms with Crippen molar-refractivity contribution in [2.45, 2.75) is 67.9 Å². The van der Waals surface area contributed by atoms with Gasteiger partial charge in [0.25, 0.3) is 0 Å². The van der Waals surface area contributed by atoms with Crippen molar-refractivity contribution in [3.05, 3.63) is 29.8 Å². The Bertz CT molecular complexity index is 758. The van der Waals surface area contributed by atoms with Gasteiger partial charge in [0.15, 0.2) is 5.12 Å². The predicted octanol–water partition coefficient (Wildman–Crippen LogP) is -3.59. The smallest absolute Gasteiger partial charge is 0.188 e. The Balaban J connectivity index is 2.82. The van der Waals surface area contributed by atoms with Crippen molar-refractivity contribution in [3.63, 3.8) is 0 Å². The van der Waals surface area contributed by atoms with Crippen LogP contribution in [0.2, 0.25) is 0 Å². The van der Waals surface area contributed by atoms with Crippen molar-refractivity contribution in [3.8, 4) is 5.75 Å². The lowest BCUT2D eigenvalue weighted by atomic mass is 10.0. The van der Waals surface area contributed by atoms with Crippen LogP contribution in [0, 0.1) is 0 Å². The fraction of sp³-hybridized carbons (Fsp3) is 0.708. The monoisotopic (exact) mass is 567 g/mol. The number of hydrogen-bond donors (Lipinski definition) is 10. The molecule has 0 radical (unpaired) electrons. The Labute approximate surface area is 225 Å². The lowest BCUT2D eigenvalue weighted by Crippen LogP contribution is -2.53. The Kier molecular flexibility index (Phi) is 16.4. The summed E-state index contributed by atoms with van der Waals surface area (Å²) in [5.41, 5.74) is 0.923. The van der Waals surface area contributed by atoms with Crippen LogP contribution < -0.4 is 4.74 Å². The number of rotatable bonds is 19. The maximum Gasteiger partial charge on any atom is 0.188 e. The number of ether oxygens (including phenoxy) is 1. The Morgan fingerprint density at radius 1 is 0.789 bits per heavy atom. The molecule has 8 atom stereocenters. The zero-order valence-electron chi connectivity index (χ0n) is 21.2. The average molecular weight is 568 g/mol. The van der Waals surface area contributed by atoms with E-state index in [-0.39, 0.29) is 31.4 Å². The number of aliphatic hydroxyl groups excluding tert-OH is 10. The van der Waals surface area contributed by atoms with Crippen molar-refractivity contribution in [2.24, 2.45) is 0 Å². The number of nitrogens with zero attached hydrogens (tertiary/aromatic N) is 1. The standard InChI is InChI=1S/C24H41NO12S/c1-2-20(32)38-13-14-3-5-15(6-4-14)37-8-7-25(9-16(28)21(33)23(35)18(30)11-26)10-17(29)22(34)24(36)19(31)12-27/h3-6,16-19,21-24,26-31,33-36H,2,7-13H2,1H3/t16-,17-,18+,19+,21+,22+,23+,24+/m0/s1. The first-order valence-electron chi connectivity index (χ1n) is 12.2. The average Bonchev–Trinajstić information content (AvgIpc) is 2.93. The van der Waals surface area contributed by atoms with Crippen LogP contribution in [0.4, 0.5) is 0 Å². The van der Waals surface area contributed by atoms with Gasteiger partial charge in [-0.25, -0.2) is 0 Å². The minimum Gasteiger partial charge on any atom is -0.492 e. The van der Waals surface area contributed by atoms with E-state index in [9.17, 15) is 45.6 Å². The largest absolute Gasteiger partial charge is 0.492 e. The van der Waals surface area contributed by atoms with Crippen LogP contribution >= 0.6 is 11.8 Å². The third-order valence-electron chi connectivity index (χ3n) is 5.83. The molecule has 38 heavy (non-hydrogen) atoms. The van der Waals surface area contributed by atoms with Crippen molar-refractivity contribution in [1.82, 2.24) is 4.90 Å². The molecule has 0 aliphatic rings. The summed E-state index contributed by atoms with van der Waals surface area (Å²) < 4.78 is 5.68. The van der Waals surface area contributed by atoms with Crippen LogP contribution in [0.1, 0.15) is 18.9 Å². The van der Waals surface area contributed by atoms with Gasteiger partial charge < -0.3 is 55.8 Å². The molecule has 14 heteroatoms.